The summed E-state index contributed by atoms with van der Waals surface area (Å²) in [6.07, 6.45) is 2.98. The minimum Gasteiger partial charge on any atom is -0.343 e. The number of carbonyl (C=O) groups is 1. The van der Waals surface area contributed by atoms with Crippen molar-refractivity contribution in [1.82, 2.24) is 20.0 Å². The van der Waals surface area contributed by atoms with Crippen molar-refractivity contribution in [2.75, 3.05) is 13.1 Å². The van der Waals surface area contributed by atoms with E-state index in [0.29, 0.717) is 29.3 Å². The summed E-state index contributed by atoms with van der Waals surface area (Å²) in [5.74, 6) is 0.896. The lowest BCUT2D eigenvalue weighted by Gasteiger charge is -2.30. The Labute approximate surface area is 143 Å². The molecule has 0 spiro atoms. The molecule has 24 heavy (non-hydrogen) atoms. The van der Waals surface area contributed by atoms with Crippen LogP contribution in [0.15, 0.2) is 41.2 Å². The van der Waals surface area contributed by atoms with E-state index in [1.54, 1.807) is 12.1 Å². The van der Waals surface area contributed by atoms with Gasteiger partial charge in [0.2, 0.25) is 6.39 Å². The topological polar surface area (TPSA) is 72.1 Å². The molecule has 0 atom stereocenters. The van der Waals surface area contributed by atoms with Crippen molar-refractivity contribution in [2.24, 2.45) is 0 Å². The summed E-state index contributed by atoms with van der Waals surface area (Å²) in [5.41, 5.74) is 1.08. The van der Waals surface area contributed by atoms with Crippen LogP contribution in [0.1, 0.15) is 35.1 Å². The van der Waals surface area contributed by atoms with E-state index in [1.165, 1.54) is 6.39 Å². The lowest BCUT2D eigenvalue weighted by molar-refractivity contribution is 0.0705. The number of amides is 1. The van der Waals surface area contributed by atoms with Crippen molar-refractivity contribution in [3.63, 3.8) is 0 Å². The van der Waals surface area contributed by atoms with Crippen molar-refractivity contribution < 1.29 is 9.32 Å². The molecular formula is C17H15ClN4O2. The molecule has 1 fully saturated rings. The molecule has 1 amide bonds. The first kappa shape index (κ1) is 15.1. The van der Waals surface area contributed by atoms with Gasteiger partial charge in [0.05, 0.1) is 10.5 Å². The molecule has 1 aliphatic heterocycles. The fourth-order valence-electron chi connectivity index (χ4n) is 3.09. The van der Waals surface area contributed by atoms with Crippen LogP contribution < -0.4 is 0 Å². The van der Waals surface area contributed by atoms with Crippen LogP contribution >= 0.6 is 11.6 Å². The highest BCUT2D eigenvalue weighted by Crippen LogP contribution is 2.27. The van der Waals surface area contributed by atoms with Crippen LogP contribution in [0.25, 0.3) is 10.9 Å². The van der Waals surface area contributed by atoms with Crippen molar-refractivity contribution in [2.45, 2.75) is 18.8 Å². The number of nitrogens with zero attached hydrogens (tertiary/aromatic N) is 4. The molecule has 0 radical (unpaired) electrons. The van der Waals surface area contributed by atoms with Crippen molar-refractivity contribution >= 4 is 28.4 Å². The highest BCUT2D eigenvalue weighted by atomic mass is 35.5. The standard InChI is InChI=1S/C17H15ClN4O2/c18-13-3-1-2-11-4-5-14(20-15(11)13)17(23)22-8-6-12(7-9-22)16-19-10-24-21-16/h1-5,10,12H,6-9H2. The van der Waals surface area contributed by atoms with E-state index >= 15 is 0 Å². The van der Waals surface area contributed by atoms with E-state index in [2.05, 4.69) is 15.1 Å². The molecule has 3 aromatic rings. The Kier molecular flexibility index (Phi) is 3.90. The third-order valence-corrected chi connectivity index (χ3v) is 4.72. The lowest BCUT2D eigenvalue weighted by Crippen LogP contribution is -2.38. The first-order chi connectivity index (χ1) is 11.7. The molecule has 7 heteroatoms. The second kappa shape index (κ2) is 6.20. The summed E-state index contributed by atoms with van der Waals surface area (Å²) in [6, 6.07) is 9.22. The Bertz CT molecular complexity index is 873. The zero-order valence-electron chi connectivity index (χ0n) is 12.9. The summed E-state index contributed by atoms with van der Waals surface area (Å²) >= 11 is 6.19. The fraction of sp³-hybridized carbons (Fsp3) is 0.294. The van der Waals surface area contributed by atoms with E-state index in [0.717, 1.165) is 24.1 Å². The molecule has 6 nitrogen and oxygen atoms in total. The molecule has 2 aromatic heterocycles. The number of likely N-dealkylation sites (tertiary alicyclic amines) is 1. The predicted molar refractivity (Wildman–Crippen MR) is 88.9 cm³/mol. The smallest absolute Gasteiger partial charge is 0.272 e. The van der Waals surface area contributed by atoms with Gasteiger partial charge in [-0.15, -0.1) is 0 Å². The van der Waals surface area contributed by atoms with Gasteiger partial charge in [-0.25, -0.2) is 4.98 Å². The average molecular weight is 343 g/mol. The molecule has 3 heterocycles. The molecule has 0 unspecified atom stereocenters. The average Bonchev–Trinajstić information content (AvgIpc) is 3.16. The first-order valence-electron chi connectivity index (χ1n) is 7.83. The van der Waals surface area contributed by atoms with Crippen LogP contribution in [-0.4, -0.2) is 39.0 Å². The predicted octanol–water partition coefficient (Wildman–Crippen LogP) is 3.29. The van der Waals surface area contributed by atoms with Crippen LogP contribution in [0.3, 0.4) is 0 Å². The maximum Gasteiger partial charge on any atom is 0.272 e. The van der Waals surface area contributed by atoms with Crippen molar-refractivity contribution in [3.8, 4) is 0 Å². The Morgan fingerprint density at radius 2 is 2.04 bits per heavy atom. The fourth-order valence-corrected chi connectivity index (χ4v) is 3.32. The summed E-state index contributed by atoms with van der Waals surface area (Å²) in [4.78, 5) is 23.1. The number of rotatable bonds is 2. The number of fused-ring (bicyclic) bond motifs is 1. The molecule has 0 saturated carbocycles. The molecule has 0 N–H and O–H groups in total. The van der Waals surface area contributed by atoms with E-state index in [1.807, 2.05) is 23.1 Å². The molecule has 1 saturated heterocycles. The van der Waals surface area contributed by atoms with E-state index in [9.17, 15) is 4.79 Å². The second-order valence-corrected chi connectivity index (χ2v) is 6.27. The van der Waals surface area contributed by atoms with Gasteiger partial charge in [-0.05, 0) is 25.0 Å². The van der Waals surface area contributed by atoms with E-state index in [4.69, 9.17) is 16.1 Å². The number of aromatic nitrogens is 3. The molecular weight excluding hydrogens is 328 g/mol. The quantitative estimate of drug-likeness (QED) is 0.714. The Balaban J connectivity index is 1.51. The van der Waals surface area contributed by atoms with Crippen molar-refractivity contribution in [1.29, 1.82) is 0 Å². The number of benzene rings is 1. The molecule has 122 valence electrons. The SMILES string of the molecule is O=C(c1ccc2cccc(Cl)c2n1)N1CCC(c2ncon2)CC1. The lowest BCUT2D eigenvalue weighted by atomic mass is 9.96. The number of halogens is 1. The zero-order chi connectivity index (χ0) is 16.5. The molecule has 0 bridgehead atoms. The summed E-state index contributed by atoms with van der Waals surface area (Å²) < 4.78 is 4.80. The molecule has 0 aliphatic carbocycles. The minimum atomic E-state index is -0.0663. The number of piperidine rings is 1. The van der Waals surface area contributed by atoms with E-state index < -0.39 is 0 Å². The summed E-state index contributed by atoms with van der Waals surface area (Å²) in [7, 11) is 0. The van der Waals surface area contributed by atoms with Gasteiger partial charge in [0, 0.05) is 24.4 Å². The Morgan fingerprint density at radius 1 is 1.21 bits per heavy atom. The van der Waals surface area contributed by atoms with Crippen LogP contribution in [0.4, 0.5) is 0 Å². The summed E-state index contributed by atoms with van der Waals surface area (Å²) in [5, 5.41) is 5.37. The third-order valence-electron chi connectivity index (χ3n) is 4.42. The van der Waals surface area contributed by atoms with Crippen LogP contribution in [0.5, 0.6) is 0 Å². The third kappa shape index (κ3) is 2.73. The Hall–Kier alpha value is -2.47. The van der Waals surface area contributed by atoms with Gasteiger partial charge in [0.1, 0.15) is 5.69 Å². The van der Waals surface area contributed by atoms with Crippen LogP contribution in [-0.2, 0) is 0 Å². The summed E-state index contributed by atoms with van der Waals surface area (Å²) in [6.45, 7) is 1.31. The van der Waals surface area contributed by atoms with Gasteiger partial charge in [-0.3, -0.25) is 4.79 Å². The van der Waals surface area contributed by atoms with E-state index in [-0.39, 0.29) is 11.8 Å². The highest BCUT2D eigenvalue weighted by molar-refractivity contribution is 6.35. The molecule has 1 aromatic carbocycles. The maximum absolute atomic E-state index is 12.7. The second-order valence-electron chi connectivity index (χ2n) is 5.86. The molecule has 1 aliphatic rings. The normalized spacial score (nSPS) is 15.8. The number of hydrogen-bond acceptors (Lipinski definition) is 5. The van der Waals surface area contributed by atoms with Gasteiger partial charge < -0.3 is 9.42 Å². The number of pyridine rings is 1. The van der Waals surface area contributed by atoms with Crippen molar-refractivity contribution in [3.05, 3.63) is 53.3 Å². The van der Waals surface area contributed by atoms with Gasteiger partial charge in [0.25, 0.3) is 5.91 Å². The van der Waals surface area contributed by atoms with Crippen LogP contribution in [0.2, 0.25) is 5.02 Å². The largest absolute Gasteiger partial charge is 0.343 e. The van der Waals surface area contributed by atoms with Gasteiger partial charge >= 0.3 is 0 Å². The number of para-hydroxylation sites is 1. The van der Waals surface area contributed by atoms with Gasteiger partial charge in [0.15, 0.2) is 5.82 Å². The number of carbonyl (C=O) groups excluding carboxylic acids is 1. The van der Waals surface area contributed by atoms with Gasteiger partial charge in [-0.2, -0.15) is 4.98 Å². The number of hydrogen-bond donors (Lipinski definition) is 0. The van der Waals surface area contributed by atoms with Crippen LogP contribution in [0, 0.1) is 0 Å². The highest BCUT2D eigenvalue weighted by Gasteiger charge is 2.27. The Morgan fingerprint density at radius 3 is 2.79 bits per heavy atom. The first-order valence-corrected chi connectivity index (χ1v) is 8.21. The monoisotopic (exact) mass is 342 g/mol. The maximum atomic E-state index is 12.7. The van der Waals surface area contributed by atoms with Gasteiger partial charge in [-0.1, -0.05) is 35.0 Å². The minimum absolute atomic E-state index is 0.0663. The zero-order valence-corrected chi connectivity index (χ0v) is 13.6. The molecule has 4 rings (SSSR count).